The second kappa shape index (κ2) is 3.55. The van der Waals surface area contributed by atoms with Gasteiger partial charge in [0, 0.05) is 13.1 Å². The van der Waals surface area contributed by atoms with E-state index in [0.29, 0.717) is 11.8 Å². The normalized spacial score (nSPS) is 34.6. The van der Waals surface area contributed by atoms with E-state index in [4.69, 9.17) is 0 Å². The van der Waals surface area contributed by atoms with Crippen LogP contribution in [-0.2, 0) is 0 Å². The third-order valence-corrected chi connectivity index (χ3v) is 2.68. The van der Waals surface area contributed by atoms with Gasteiger partial charge in [-0.3, -0.25) is 0 Å². The van der Waals surface area contributed by atoms with Crippen LogP contribution in [0.2, 0.25) is 0 Å². The van der Waals surface area contributed by atoms with Crippen LogP contribution in [0.15, 0.2) is 0 Å². The average molecular weight is 157 g/mol. The topological polar surface area (TPSA) is 23.5 Å². The summed E-state index contributed by atoms with van der Waals surface area (Å²) in [7, 11) is 2.13. The predicted molar refractivity (Wildman–Crippen MR) is 46.4 cm³/mol. The molecule has 66 valence electrons. The molecule has 0 bridgehead atoms. The van der Waals surface area contributed by atoms with Crippen LogP contribution in [-0.4, -0.2) is 36.2 Å². The Morgan fingerprint density at radius 2 is 2.09 bits per heavy atom. The maximum atomic E-state index is 9.63. The Morgan fingerprint density at radius 1 is 1.45 bits per heavy atom. The maximum absolute atomic E-state index is 9.63. The fourth-order valence-electron chi connectivity index (χ4n) is 1.79. The van der Waals surface area contributed by atoms with Crippen molar-refractivity contribution < 1.29 is 5.11 Å². The standard InChI is InChI=1S/C9H19NO/c1-7(2)8-6-10(3)5-4-9(8)11/h7-9,11H,4-6H2,1-3H3. The van der Waals surface area contributed by atoms with Gasteiger partial charge < -0.3 is 10.0 Å². The Morgan fingerprint density at radius 3 is 2.55 bits per heavy atom. The Kier molecular flexibility index (Phi) is 2.90. The lowest BCUT2D eigenvalue weighted by Crippen LogP contribution is -2.43. The predicted octanol–water partition coefficient (Wildman–Crippen LogP) is 0.955. The molecule has 0 amide bonds. The molecule has 1 heterocycles. The first-order valence-electron chi connectivity index (χ1n) is 4.48. The summed E-state index contributed by atoms with van der Waals surface area (Å²) in [6.45, 7) is 6.48. The number of hydrogen-bond acceptors (Lipinski definition) is 2. The first-order chi connectivity index (χ1) is 5.11. The van der Waals surface area contributed by atoms with Crippen LogP contribution in [0.5, 0.6) is 0 Å². The van der Waals surface area contributed by atoms with Crippen molar-refractivity contribution in [3.8, 4) is 0 Å². The zero-order chi connectivity index (χ0) is 8.43. The number of rotatable bonds is 1. The molecular weight excluding hydrogens is 138 g/mol. The summed E-state index contributed by atoms with van der Waals surface area (Å²) in [5.41, 5.74) is 0. The summed E-state index contributed by atoms with van der Waals surface area (Å²) in [4.78, 5) is 2.30. The van der Waals surface area contributed by atoms with Crippen molar-refractivity contribution in [2.45, 2.75) is 26.4 Å². The zero-order valence-electron chi connectivity index (χ0n) is 7.75. The number of piperidine rings is 1. The van der Waals surface area contributed by atoms with Crippen molar-refractivity contribution in [1.82, 2.24) is 4.90 Å². The van der Waals surface area contributed by atoms with Crippen LogP contribution in [0.3, 0.4) is 0 Å². The van der Waals surface area contributed by atoms with Crippen molar-refractivity contribution in [2.75, 3.05) is 20.1 Å². The molecule has 1 aliphatic rings. The van der Waals surface area contributed by atoms with Crippen LogP contribution in [0.25, 0.3) is 0 Å². The lowest BCUT2D eigenvalue weighted by atomic mass is 9.86. The van der Waals surface area contributed by atoms with Gasteiger partial charge in [0.1, 0.15) is 0 Å². The molecule has 0 radical (unpaired) electrons. The summed E-state index contributed by atoms with van der Waals surface area (Å²) < 4.78 is 0. The Hall–Kier alpha value is -0.0800. The summed E-state index contributed by atoms with van der Waals surface area (Å²) in [6, 6.07) is 0. The van der Waals surface area contributed by atoms with Crippen LogP contribution in [0, 0.1) is 11.8 Å². The van der Waals surface area contributed by atoms with E-state index >= 15 is 0 Å². The van der Waals surface area contributed by atoms with Crippen LogP contribution < -0.4 is 0 Å². The van der Waals surface area contributed by atoms with Gasteiger partial charge in [0.25, 0.3) is 0 Å². The molecule has 0 aliphatic carbocycles. The molecule has 1 saturated heterocycles. The first kappa shape index (κ1) is 9.01. The highest BCUT2D eigenvalue weighted by Gasteiger charge is 2.27. The van der Waals surface area contributed by atoms with Crippen LogP contribution in [0.4, 0.5) is 0 Å². The monoisotopic (exact) mass is 157 g/mol. The lowest BCUT2D eigenvalue weighted by molar-refractivity contribution is 0.0148. The van der Waals surface area contributed by atoms with Gasteiger partial charge in [-0.2, -0.15) is 0 Å². The van der Waals surface area contributed by atoms with Gasteiger partial charge in [-0.25, -0.2) is 0 Å². The molecule has 1 N–H and O–H groups in total. The highest BCUT2D eigenvalue weighted by molar-refractivity contribution is 4.80. The number of aliphatic hydroxyl groups excluding tert-OH is 1. The van der Waals surface area contributed by atoms with E-state index in [9.17, 15) is 5.11 Å². The lowest BCUT2D eigenvalue weighted by Gasteiger charge is -2.36. The van der Waals surface area contributed by atoms with Crippen LogP contribution >= 0.6 is 0 Å². The molecule has 11 heavy (non-hydrogen) atoms. The minimum Gasteiger partial charge on any atom is -0.393 e. The highest BCUT2D eigenvalue weighted by Crippen LogP contribution is 2.22. The van der Waals surface area contributed by atoms with Gasteiger partial charge in [0.2, 0.25) is 0 Å². The minimum absolute atomic E-state index is 0.0637. The average Bonchev–Trinajstić information content (AvgIpc) is 1.94. The number of nitrogens with zero attached hydrogens (tertiary/aromatic N) is 1. The smallest absolute Gasteiger partial charge is 0.0595 e. The quantitative estimate of drug-likeness (QED) is 0.612. The molecule has 2 atom stereocenters. The molecule has 1 rings (SSSR count). The molecular formula is C9H19NO. The first-order valence-corrected chi connectivity index (χ1v) is 4.48. The molecule has 1 fully saturated rings. The van der Waals surface area contributed by atoms with E-state index in [0.717, 1.165) is 19.5 Å². The maximum Gasteiger partial charge on any atom is 0.0595 e. The third kappa shape index (κ3) is 2.17. The van der Waals surface area contributed by atoms with E-state index in [1.165, 1.54) is 0 Å². The minimum atomic E-state index is -0.0637. The van der Waals surface area contributed by atoms with E-state index in [1.807, 2.05) is 0 Å². The number of hydrogen-bond donors (Lipinski definition) is 1. The fraction of sp³-hybridized carbons (Fsp3) is 1.00. The largest absolute Gasteiger partial charge is 0.393 e. The molecule has 0 spiro atoms. The molecule has 0 saturated carbocycles. The van der Waals surface area contributed by atoms with Crippen LogP contribution in [0.1, 0.15) is 20.3 Å². The SMILES string of the molecule is CC(C)C1CN(C)CCC1O. The molecule has 0 aromatic heterocycles. The second-order valence-corrected chi connectivity index (χ2v) is 4.03. The Labute approximate surface area is 69.2 Å². The molecule has 0 aromatic rings. The number of likely N-dealkylation sites (tertiary alicyclic amines) is 1. The molecule has 2 heteroatoms. The zero-order valence-corrected chi connectivity index (χ0v) is 7.75. The van der Waals surface area contributed by atoms with Gasteiger partial charge in [-0.05, 0) is 25.3 Å². The van der Waals surface area contributed by atoms with E-state index in [-0.39, 0.29) is 6.10 Å². The molecule has 2 unspecified atom stereocenters. The van der Waals surface area contributed by atoms with Gasteiger partial charge in [0.05, 0.1) is 6.10 Å². The number of aliphatic hydroxyl groups is 1. The van der Waals surface area contributed by atoms with Crippen molar-refractivity contribution >= 4 is 0 Å². The van der Waals surface area contributed by atoms with E-state index in [2.05, 4.69) is 25.8 Å². The van der Waals surface area contributed by atoms with Gasteiger partial charge >= 0.3 is 0 Å². The molecule has 0 aromatic carbocycles. The summed E-state index contributed by atoms with van der Waals surface area (Å²) >= 11 is 0. The third-order valence-electron chi connectivity index (χ3n) is 2.68. The molecule has 1 aliphatic heterocycles. The van der Waals surface area contributed by atoms with E-state index in [1.54, 1.807) is 0 Å². The Bertz CT molecular complexity index is 125. The van der Waals surface area contributed by atoms with Crippen molar-refractivity contribution in [2.24, 2.45) is 11.8 Å². The Balaban J connectivity index is 2.47. The second-order valence-electron chi connectivity index (χ2n) is 4.03. The fourth-order valence-corrected chi connectivity index (χ4v) is 1.79. The highest BCUT2D eigenvalue weighted by atomic mass is 16.3. The summed E-state index contributed by atoms with van der Waals surface area (Å²) in [5, 5.41) is 9.63. The van der Waals surface area contributed by atoms with Gasteiger partial charge in [-0.1, -0.05) is 13.8 Å². The summed E-state index contributed by atoms with van der Waals surface area (Å²) in [6.07, 6.45) is 0.880. The van der Waals surface area contributed by atoms with E-state index < -0.39 is 0 Å². The van der Waals surface area contributed by atoms with Gasteiger partial charge in [0.15, 0.2) is 0 Å². The summed E-state index contributed by atoms with van der Waals surface area (Å²) in [5.74, 6) is 1.08. The van der Waals surface area contributed by atoms with Crippen molar-refractivity contribution in [3.63, 3.8) is 0 Å². The van der Waals surface area contributed by atoms with Gasteiger partial charge in [-0.15, -0.1) is 0 Å². The molecule has 2 nitrogen and oxygen atoms in total. The van der Waals surface area contributed by atoms with Crippen molar-refractivity contribution in [1.29, 1.82) is 0 Å². The van der Waals surface area contributed by atoms with Crippen molar-refractivity contribution in [3.05, 3.63) is 0 Å².